The van der Waals surface area contributed by atoms with Gasteiger partial charge in [-0.25, -0.2) is 0 Å². The van der Waals surface area contributed by atoms with Crippen molar-refractivity contribution >= 4 is 22.7 Å². The molecule has 5 rings (SSSR count). The van der Waals surface area contributed by atoms with Gasteiger partial charge in [-0.05, 0) is 102 Å². The van der Waals surface area contributed by atoms with E-state index >= 15 is 0 Å². The summed E-state index contributed by atoms with van der Waals surface area (Å²) in [7, 11) is 4.35. The fourth-order valence-corrected chi connectivity index (χ4v) is 6.17. The van der Waals surface area contributed by atoms with Crippen LogP contribution in [0.2, 0.25) is 0 Å². The van der Waals surface area contributed by atoms with Crippen LogP contribution in [0.5, 0.6) is 0 Å². The Morgan fingerprint density at radius 2 is 1.58 bits per heavy atom. The molecule has 3 aliphatic rings. The Kier molecular flexibility index (Phi) is 7.93. The van der Waals surface area contributed by atoms with Crippen LogP contribution in [-0.2, 0) is 4.79 Å². The zero-order valence-corrected chi connectivity index (χ0v) is 21.9. The van der Waals surface area contributed by atoms with Gasteiger partial charge >= 0.3 is 0 Å². The van der Waals surface area contributed by atoms with E-state index in [1.807, 2.05) is 35.4 Å². The van der Waals surface area contributed by atoms with Gasteiger partial charge in [0.15, 0.2) is 0 Å². The van der Waals surface area contributed by atoms with Crippen LogP contribution in [0.4, 0.5) is 0 Å². The molecule has 1 aromatic carbocycles. The van der Waals surface area contributed by atoms with E-state index in [1.165, 1.54) is 12.8 Å². The van der Waals surface area contributed by atoms with Gasteiger partial charge in [0, 0.05) is 49.5 Å². The summed E-state index contributed by atoms with van der Waals surface area (Å²) in [5, 5.41) is 4.23. The lowest BCUT2D eigenvalue weighted by Gasteiger charge is -2.43. The molecule has 4 heterocycles. The summed E-state index contributed by atoms with van der Waals surface area (Å²) in [6, 6.07) is 7.84. The molecule has 1 atom stereocenters. The largest absolute Gasteiger partial charge is 0.361 e. The molecule has 0 spiro atoms. The second-order valence-corrected chi connectivity index (χ2v) is 11.2. The summed E-state index contributed by atoms with van der Waals surface area (Å²) in [5.74, 6) is 0.385. The average molecular weight is 495 g/mol. The third-order valence-electron chi connectivity index (χ3n) is 8.66. The van der Waals surface area contributed by atoms with E-state index in [4.69, 9.17) is 0 Å². The van der Waals surface area contributed by atoms with Crippen LogP contribution in [-0.4, -0.2) is 115 Å². The number of hydrogen-bond donors (Lipinski definition) is 2. The highest BCUT2D eigenvalue weighted by atomic mass is 16.2. The van der Waals surface area contributed by atoms with E-state index in [-0.39, 0.29) is 11.8 Å². The molecule has 0 bridgehead atoms. The van der Waals surface area contributed by atoms with Gasteiger partial charge in [-0.15, -0.1) is 0 Å². The van der Waals surface area contributed by atoms with Gasteiger partial charge in [-0.3, -0.25) is 14.5 Å². The first-order valence-corrected chi connectivity index (χ1v) is 13.7. The Balaban J connectivity index is 1.24. The number of aromatic amines is 1. The van der Waals surface area contributed by atoms with Gasteiger partial charge in [-0.2, -0.15) is 0 Å². The minimum atomic E-state index is -0.472. The van der Waals surface area contributed by atoms with Gasteiger partial charge in [0.2, 0.25) is 5.91 Å². The lowest BCUT2D eigenvalue weighted by molar-refractivity contribution is -0.136. The Morgan fingerprint density at radius 3 is 2.28 bits per heavy atom. The van der Waals surface area contributed by atoms with Crippen molar-refractivity contribution < 1.29 is 9.59 Å². The third kappa shape index (κ3) is 5.93. The summed E-state index contributed by atoms with van der Waals surface area (Å²) in [6.07, 6.45) is 7.18. The van der Waals surface area contributed by atoms with E-state index in [0.29, 0.717) is 17.5 Å². The normalized spacial score (nSPS) is 22.7. The number of nitrogens with zero attached hydrogens (tertiary/aromatic N) is 4. The number of rotatable bonds is 6. The smallest absolute Gasteiger partial charge is 0.252 e. The van der Waals surface area contributed by atoms with Crippen molar-refractivity contribution in [3.63, 3.8) is 0 Å². The van der Waals surface area contributed by atoms with Crippen molar-refractivity contribution in [2.45, 2.75) is 44.2 Å². The van der Waals surface area contributed by atoms with Crippen LogP contribution in [0, 0.1) is 5.92 Å². The van der Waals surface area contributed by atoms with Crippen molar-refractivity contribution in [3.05, 3.63) is 36.0 Å². The number of carbonyl (C=O) groups is 2. The molecule has 8 nitrogen and oxygen atoms in total. The van der Waals surface area contributed by atoms with E-state index in [9.17, 15) is 9.59 Å². The summed E-state index contributed by atoms with van der Waals surface area (Å²) in [4.78, 5) is 39.5. The fourth-order valence-electron chi connectivity index (χ4n) is 6.17. The van der Waals surface area contributed by atoms with Crippen molar-refractivity contribution in [1.29, 1.82) is 0 Å². The highest BCUT2D eigenvalue weighted by Crippen LogP contribution is 2.24. The Morgan fingerprint density at radius 1 is 0.917 bits per heavy atom. The van der Waals surface area contributed by atoms with Crippen LogP contribution in [0.3, 0.4) is 0 Å². The van der Waals surface area contributed by atoms with Crippen molar-refractivity contribution in [1.82, 2.24) is 29.9 Å². The van der Waals surface area contributed by atoms with Crippen molar-refractivity contribution in [2.24, 2.45) is 5.92 Å². The van der Waals surface area contributed by atoms with Crippen molar-refractivity contribution in [2.75, 3.05) is 66.5 Å². The number of likely N-dealkylation sites (tertiary alicyclic amines) is 2. The monoisotopic (exact) mass is 494 g/mol. The van der Waals surface area contributed by atoms with Gasteiger partial charge in [0.25, 0.3) is 5.91 Å². The average Bonchev–Trinajstić information content (AvgIpc) is 3.38. The molecule has 2 N–H and O–H groups in total. The molecule has 2 aromatic rings. The Bertz CT molecular complexity index is 1030. The molecule has 0 radical (unpaired) electrons. The number of H-pyrrole nitrogens is 1. The number of piperazine rings is 1. The van der Waals surface area contributed by atoms with E-state index < -0.39 is 6.04 Å². The molecule has 196 valence electrons. The predicted molar refractivity (Wildman–Crippen MR) is 143 cm³/mol. The molecule has 8 heteroatoms. The number of piperidine rings is 2. The molecule has 36 heavy (non-hydrogen) atoms. The first kappa shape index (κ1) is 25.2. The Labute approximate surface area is 215 Å². The lowest BCUT2D eigenvalue weighted by Crippen LogP contribution is -2.57. The first-order chi connectivity index (χ1) is 17.5. The Hall–Kier alpha value is -2.42. The molecule has 3 aliphatic heterocycles. The van der Waals surface area contributed by atoms with Gasteiger partial charge in [-0.1, -0.05) is 6.07 Å². The summed E-state index contributed by atoms with van der Waals surface area (Å²) in [5.41, 5.74) is 1.53. The fraction of sp³-hybridized carbons (Fsp3) is 0.643. The number of fused-ring (bicyclic) bond motifs is 1. The zero-order valence-electron chi connectivity index (χ0n) is 21.9. The number of hydrogen-bond acceptors (Lipinski definition) is 5. The second-order valence-electron chi connectivity index (χ2n) is 11.2. The molecule has 1 aromatic heterocycles. The van der Waals surface area contributed by atoms with E-state index in [2.05, 4.69) is 39.1 Å². The molecule has 0 saturated carbocycles. The standard InChI is InChI=1S/C28H42N6O2/c1-31-11-6-21(7-12-31)19-26(30-27(35)23-4-3-22-5-10-29-25(22)20-23)28(36)34-17-15-33(16-18-34)24-8-13-32(2)14-9-24/h3-5,10,20-21,24,26,29H,6-9,11-19H2,1-2H3,(H,30,35)/t26-/m1/s1. The summed E-state index contributed by atoms with van der Waals surface area (Å²) >= 11 is 0. The van der Waals surface area contributed by atoms with E-state index in [1.54, 1.807) is 0 Å². The third-order valence-corrected chi connectivity index (χ3v) is 8.66. The van der Waals surface area contributed by atoms with Crippen molar-refractivity contribution in [3.8, 4) is 0 Å². The SMILES string of the molecule is CN1CCC(C[C@@H](NC(=O)c2ccc3cc[nH]c3c2)C(=O)N2CCN(C3CCN(C)CC3)CC2)CC1. The lowest BCUT2D eigenvalue weighted by atomic mass is 9.89. The quantitative estimate of drug-likeness (QED) is 0.644. The van der Waals surface area contributed by atoms with Crippen LogP contribution in [0.25, 0.3) is 10.9 Å². The molecule has 0 unspecified atom stereocenters. The molecule has 2 amide bonds. The maximum absolute atomic E-state index is 13.8. The number of nitrogens with one attached hydrogen (secondary N) is 2. The summed E-state index contributed by atoms with van der Waals surface area (Å²) < 4.78 is 0. The van der Waals surface area contributed by atoms with Crippen LogP contribution < -0.4 is 5.32 Å². The predicted octanol–water partition coefficient (Wildman–Crippen LogP) is 2.24. The molecular weight excluding hydrogens is 452 g/mol. The molecule has 3 fully saturated rings. The second kappa shape index (κ2) is 11.3. The minimum Gasteiger partial charge on any atom is -0.361 e. The maximum atomic E-state index is 13.8. The van der Waals surface area contributed by atoms with Gasteiger partial charge in [0.05, 0.1) is 0 Å². The first-order valence-electron chi connectivity index (χ1n) is 13.7. The molecular formula is C28H42N6O2. The number of amides is 2. The van der Waals surface area contributed by atoms with Gasteiger partial charge < -0.3 is 25.0 Å². The summed E-state index contributed by atoms with van der Waals surface area (Å²) in [6.45, 7) is 7.78. The minimum absolute atomic E-state index is 0.0891. The van der Waals surface area contributed by atoms with Crippen LogP contribution in [0.1, 0.15) is 42.5 Å². The molecule has 0 aliphatic carbocycles. The van der Waals surface area contributed by atoms with Crippen LogP contribution >= 0.6 is 0 Å². The van der Waals surface area contributed by atoms with Gasteiger partial charge in [0.1, 0.15) is 6.04 Å². The topological polar surface area (TPSA) is 74.9 Å². The number of carbonyl (C=O) groups excluding carboxylic acids is 2. The molecule has 3 saturated heterocycles. The van der Waals surface area contributed by atoms with E-state index in [0.717, 1.165) is 82.5 Å². The highest BCUT2D eigenvalue weighted by molar-refractivity contribution is 6.00. The zero-order chi connectivity index (χ0) is 25.1. The maximum Gasteiger partial charge on any atom is 0.252 e. The number of benzene rings is 1. The highest BCUT2D eigenvalue weighted by Gasteiger charge is 2.33. The van der Waals surface area contributed by atoms with Crippen LogP contribution in [0.15, 0.2) is 30.5 Å². The number of aromatic nitrogens is 1.